The van der Waals surface area contributed by atoms with Crippen LogP contribution in [0.3, 0.4) is 0 Å². The number of phenolic OH excluding ortho intramolecular Hbond substituents is 1. The average molecular weight is 297 g/mol. The van der Waals surface area contributed by atoms with Crippen LogP contribution in [0.25, 0.3) is 0 Å². The van der Waals surface area contributed by atoms with Gasteiger partial charge in [0.1, 0.15) is 23.6 Å². The van der Waals surface area contributed by atoms with Gasteiger partial charge in [0.15, 0.2) is 0 Å². The Balaban J connectivity index is 2.61. The molecule has 1 aromatic carbocycles. The number of carbonyl (C=O) groups excluding carboxylic acids is 1. The number of nitrogens with one attached hydrogen (secondary N) is 1. The molecule has 0 bridgehead atoms. The fraction of sp³-hybridized carbons (Fsp3) is 0.533. The molecular weight excluding hydrogens is 274 g/mol. The van der Waals surface area contributed by atoms with E-state index in [1.165, 1.54) is 6.07 Å². The number of benzene rings is 1. The van der Waals surface area contributed by atoms with E-state index in [4.69, 9.17) is 4.74 Å². The van der Waals surface area contributed by atoms with Crippen molar-refractivity contribution in [3.05, 3.63) is 29.3 Å². The van der Waals surface area contributed by atoms with E-state index >= 15 is 0 Å². The molecule has 6 heteroatoms. The maximum atomic E-state index is 11.5. The van der Waals surface area contributed by atoms with Crippen molar-refractivity contribution in [1.82, 2.24) is 5.32 Å². The number of aryl methyl sites for hydroxylation is 1. The van der Waals surface area contributed by atoms with Crippen molar-refractivity contribution in [1.29, 1.82) is 0 Å². The number of hydrogen-bond donors (Lipinski definition) is 4. The molecule has 0 aliphatic rings. The van der Waals surface area contributed by atoms with Crippen molar-refractivity contribution in [2.75, 3.05) is 6.54 Å². The van der Waals surface area contributed by atoms with Crippen LogP contribution in [-0.4, -0.2) is 39.7 Å². The number of alkyl carbamates (subject to hydrolysis) is 1. The minimum Gasteiger partial charge on any atom is -0.507 e. The molecule has 6 nitrogen and oxygen atoms in total. The molecule has 0 saturated carbocycles. The molecule has 4 N–H and O–H groups in total. The lowest BCUT2D eigenvalue weighted by Crippen LogP contribution is -2.38. The van der Waals surface area contributed by atoms with Crippen molar-refractivity contribution >= 4 is 6.09 Å². The third-order valence-electron chi connectivity index (χ3n) is 2.81. The number of amides is 1. The largest absolute Gasteiger partial charge is 0.507 e. The minimum absolute atomic E-state index is 0.0682. The lowest BCUT2D eigenvalue weighted by atomic mass is 10.0. The van der Waals surface area contributed by atoms with Crippen LogP contribution < -0.4 is 5.32 Å². The molecule has 21 heavy (non-hydrogen) atoms. The summed E-state index contributed by atoms with van der Waals surface area (Å²) in [6.45, 7) is 6.67. The Kier molecular flexibility index (Phi) is 5.57. The number of phenols is 1. The monoisotopic (exact) mass is 297 g/mol. The molecule has 0 heterocycles. The van der Waals surface area contributed by atoms with Gasteiger partial charge in [-0.05, 0) is 33.3 Å². The van der Waals surface area contributed by atoms with Crippen molar-refractivity contribution in [2.45, 2.75) is 45.5 Å². The van der Waals surface area contributed by atoms with Gasteiger partial charge in [-0.3, -0.25) is 0 Å². The first kappa shape index (κ1) is 17.3. The maximum absolute atomic E-state index is 11.5. The fourth-order valence-corrected chi connectivity index (χ4v) is 1.74. The topological polar surface area (TPSA) is 99.0 Å². The van der Waals surface area contributed by atoms with Gasteiger partial charge in [0.05, 0.1) is 0 Å². The number of aliphatic hydroxyl groups is 2. The molecule has 0 saturated heterocycles. The second kappa shape index (κ2) is 6.78. The van der Waals surface area contributed by atoms with Gasteiger partial charge < -0.3 is 25.4 Å². The van der Waals surface area contributed by atoms with E-state index in [1.54, 1.807) is 39.8 Å². The number of aromatic hydroxyl groups is 1. The highest BCUT2D eigenvalue weighted by atomic mass is 16.6. The summed E-state index contributed by atoms with van der Waals surface area (Å²) in [5.41, 5.74) is 0.176. The third-order valence-corrected chi connectivity index (χ3v) is 2.81. The maximum Gasteiger partial charge on any atom is 0.407 e. The third kappa shape index (κ3) is 5.24. The number of aliphatic hydroxyl groups excluding tert-OH is 2. The van der Waals surface area contributed by atoms with Crippen LogP contribution >= 0.6 is 0 Å². The molecule has 2 unspecified atom stereocenters. The van der Waals surface area contributed by atoms with Crippen molar-refractivity contribution in [3.8, 4) is 5.75 Å². The Morgan fingerprint density at radius 3 is 2.52 bits per heavy atom. The Morgan fingerprint density at radius 2 is 1.95 bits per heavy atom. The summed E-state index contributed by atoms with van der Waals surface area (Å²) in [6.07, 6.45) is -3.24. The van der Waals surface area contributed by atoms with Gasteiger partial charge in [0.25, 0.3) is 0 Å². The smallest absolute Gasteiger partial charge is 0.407 e. The Hall–Kier alpha value is -1.79. The Morgan fingerprint density at radius 1 is 1.33 bits per heavy atom. The number of para-hydroxylation sites is 1. The lowest BCUT2D eigenvalue weighted by molar-refractivity contribution is 0.0119. The van der Waals surface area contributed by atoms with Crippen LogP contribution in [0.4, 0.5) is 4.79 Å². The fourth-order valence-electron chi connectivity index (χ4n) is 1.74. The first-order valence-corrected chi connectivity index (χ1v) is 6.73. The second-order valence-electron chi connectivity index (χ2n) is 5.91. The van der Waals surface area contributed by atoms with Gasteiger partial charge in [0.2, 0.25) is 0 Å². The molecule has 1 amide bonds. The molecule has 118 valence electrons. The van der Waals surface area contributed by atoms with E-state index in [1.807, 2.05) is 0 Å². The van der Waals surface area contributed by atoms with Crippen LogP contribution in [0.1, 0.15) is 38.0 Å². The highest BCUT2D eigenvalue weighted by Crippen LogP contribution is 2.29. The SMILES string of the molecule is Cc1cccc(C(O)C(O)CNC(=O)OC(C)(C)C)c1O. The lowest BCUT2D eigenvalue weighted by Gasteiger charge is -2.22. The zero-order chi connectivity index (χ0) is 16.2. The highest BCUT2D eigenvalue weighted by Gasteiger charge is 2.23. The molecule has 0 aromatic heterocycles. The minimum atomic E-state index is -1.31. The van der Waals surface area contributed by atoms with Gasteiger partial charge in [-0.2, -0.15) is 0 Å². The van der Waals surface area contributed by atoms with Gasteiger partial charge >= 0.3 is 6.09 Å². The molecule has 0 spiro atoms. The van der Waals surface area contributed by atoms with Gasteiger partial charge in [-0.15, -0.1) is 0 Å². The summed E-state index contributed by atoms with van der Waals surface area (Å²) in [7, 11) is 0. The second-order valence-corrected chi connectivity index (χ2v) is 5.91. The summed E-state index contributed by atoms with van der Waals surface area (Å²) in [6, 6.07) is 4.88. The molecule has 1 aromatic rings. The molecule has 1 rings (SSSR count). The zero-order valence-corrected chi connectivity index (χ0v) is 12.8. The van der Waals surface area contributed by atoms with Crippen LogP contribution in [0.15, 0.2) is 18.2 Å². The van der Waals surface area contributed by atoms with Crippen LogP contribution in [0.2, 0.25) is 0 Å². The highest BCUT2D eigenvalue weighted by molar-refractivity contribution is 5.67. The molecule has 0 fully saturated rings. The number of ether oxygens (including phenoxy) is 1. The van der Waals surface area contributed by atoms with E-state index in [9.17, 15) is 20.1 Å². The van der Waals surface area contributed by atoms with E-state index in [0.29, 0.717) is 5.56 Å². The van der Waals surface area contributed by atoms with E-state index < -0.39 is 23.9 Å². The molecule has 0 radical (unpaired) electrons. The Labute approximate surface area is 124 Å². The van der Waals surface area contributed by atoms with Crippen LogP contribution in [0, 0.1) is 6.92 Å². The van der Waals surface area contributed by atoms with E-state index in [-0.39, 0.29) is 17.9 Å². The first-order valence-electron chi connectivity index (χ1n) is 6.73. The summed E-state index contributed by atoms with van der Waals surface area (Å²) in [5, 5.41) is 32.2. The van der Waals surface area contributed by atoms with E-state index in [0.717, 1.165) is 0 Å². The van der Waals surface area contributed by atoms with Gasteiger partial charge in [-0.25, -0.2) is 4.79 Å². The molecular formula is C15H23NO5. The quantitative estimate of drug-likeness (QED) is 0.677. The predicted molar refractivity (Wildman–Crippen MR) is 78.0 cm³/mol. The van der Waals surface area contributed by atoms with Crippen molar-refractivity contribution < 1.29 is 24.9 Å². The standard InChI is InChI=1S/C15H23NO5/c1-9-6-5-7-10(12(9)18)13(19)11(17)8-16-14(20)21-15(2,3)4/h5-7,11,13,17-19H,8H2,1-4H3,(H,16,20). The average Bonchev–Trinajstić information content (AvgIpc) is 2.36. The Bertz CT molecular complexity index is 495. The summed E-state index contributed by atoms with van der Waals surface area (Å²) in [5.74, 6) is -0.0682. The first-order chi connectivity index (χ1) is 9.61. The van der Waals surface area contributed by atoms with Gasteiger partial charge in [-0.1, -0.05) is 18.2 Å². The normalized spacial score (nSPS) is 14.4. The van der Waals surface area contributed by atoms with Gasteiger partial charge in [0, 0.05) is 12.1 Å². The van der Waals surface area contributed by atoms with Crippen molar-refractivity contribution in [2.24, 2.45) is 0 Å². The van der Waals surface area contributed by atoms with Crippen molar-refractivity contribution in [3.63, 3.8) is 0 Å². The molecule has 2 atom stereocenters. The zero-order valence-electron chi connectivity index (χ0n) is 12.8. The van der Waals surface area contributed by atoms with Crippen LogP contribution in [0.5, 0.6) is 5.75 Å². The molecule has 0 aliphatic carbocycles. The molecule has 0 aliphatic heterocycles. The van der Waals surface area contributed by atoms with E-state index in [2.05, 4.69) is 5.32 Å². The number of hydrogen-bond acceptors (Lipinski definition) is 5. The predicted octanol–water partition coefficient (Wildman–Crippen LogP) is 1.62. The number of carbonyl (C=O) groups is 1. The summed E-state index contributed by atoms with van der Waals surface area (Å²) >= 11 is 0. The summed E-state index contributed by atoms with van der Waals surface area (Å²) < 4.78 is 5.02. The van der Waals surface area contributed by atoms with Crippen LogP contribution in [-0.2, 0) is 4.74 Å². The number of rotatable bonds is 4. The summed E-state index contributed by atoms with van der Waals surface area (Å²) in [4.78, 5) is 11.5.